The Labute approximate surface area is 103 Å². The van der Waals surface area contributed by atoms with Crippen LogP contribution in [0.25, 0.3) is 0 Å². The molecule has 84 valence electrons. The van der Waals surface area contributed by atoms with Crippen LogP contribution >= 0.6 is 22.9 Å². The molecule has 2 rings (SSSR count). The summed E-state index contributed by atoms with van der Waals surface area (Å²) >= 11 is 7.20. The molecule has 1 aromatic carbocycles. The van der Waals surface area contributed by atoms with Crippen molar-refractivity contribution in [3.8, 4) is 0 Å². The number of nitrogens with two attached hydrogens (primary N) is 1. The minimum atomic E-state index is -0.446. The monoisotopic (exact) mass is 255 g/mol. The molecule has 0 fully saturated rings. The molecule has 1 unspecified atom stereocenters. The number of hydrogen-bond donors (Lipinski definition) is 1. The highest BCUT2D eigenvalue weighted by Crippen LogP contribution is 2.30. The lowest BCUT2D eigenvalue weighted by Gasteiger charge is -2.11. The molecule has 0 saturated carbocycles. The number of thiophene rings is 1. The molecule has 0 amide bonds. The van der Waals surface area contributed by atoms with Crippen LogP contribution in [0, 0.1) is 12.7 Å². The van der Waals surface area contributed by atoms with Crippen LogP contribution in [-0.2, 0) is 0 Å². The summed E-state index contributed by atoms with van der Waals surface area (Å²) in [7, 11) is 0. The first-order chi connectivity index (χ1) is 7.58. The fraction of sp³-hybridized carbons (Fsp3) is 0.167. The van der Waals surface area contributed by atoms with Crippen molar-refractivity contribution in [1.29, 1.82) is 0 Å². The number of aryl methyl sites for hydroxylation is 1. The quantitative estimate of drug-likeness (QED) is 0.866. The van der Waals surface area contributed by atoms with E-state index >= 15 is 0 Å². The van der Waals surface area contributed by atoms with E-state index in [2.05, 4.69) is 0 Å². The van der Waals surface area contributed by atoms with Crippen LogP contribution < -0.4 is 5.73 Å². The molecule has 1 heterocycles. The molecule has 0 saturated heterocycles. The summed E-state index contributed by atoms with van der Waals surface area (Å²) in [5.41, 5.74) is 7.38. The smallest absolute Gasteiger partial charge is 0.128 e. The van der Waals surface area contributed by atoms with E-state index in [-0.39, 0.29) is 5.82 Å². The highest BCUT2D eigenvalue weighted by Gasteiger charge is 2.15. The third-order valence-corrected chi connectivity index (χ3v) is 3.71. The number of rotatable bonds is 2. The highest BCUT2D eigenvalue weighted by atomic mass is 35.5. The summed E-state index contributed by atoms with van der Waals surface area (Å²) in [5.74, 6) is -0.267. The molecular weight excluding hydrogens is 245 g/mol. The standard InChI is InChI=1S/C12H11ClFNS/c1-7-2-3-8(9(14)6-7)12(15)10-4-5-11(13)16-10/h2-6,12H,15H2,1H3. The lowest BCUT2D eigenvalue weighted by atomic mass is 10.0. The summed E-state index contributed by atoms with van der Waals surface area (Å²) in [6, 6.07) is 8.23. The van der Waals surface area contributed by atoms with Crippen molar-refractivity contribution < 1.29 is 4.39 Å². The van der Waals surface area contributed by atoms with Crippen molar-refractivity contribution >= 4 is 22.9 Å². The van der Waals surface area contributed by atoms with Gasteiger partial charge in [0.1, 0.15) is 5.82 Å². The van der Waals surface area contributed by atoms with Crippen molar-refractivity contribution in [3.05, 3.63) is 56.5 Å². The van der Waals surface area contributed by atoms with E-state index in [4.69, 9.17) is 17.3 Å². The molecule has 0 radical (unpaired) electrons. The van der Waals surface area contributed by atoms with E-state index in [0.717, 1.165) is 10.4 Å². The van der Waals surface area contributed by atoms with Crippen LogP contribution in [0.2, 0.25) is 4.34 Å². The zero-order valence-electron chi connectivity index (χ0n) is 8.71. The second-order valence-corrected chi connectivity index (χ2v) is 5.39. The van der Waals surface area contributed by atoms with Crippen molar-refractivity contribution in [1.82, 2.24) is 0 Å². The summed E-state index contributed by atoms with van der Waals surface area (Å²) in [4.78, 5) is 0.868. The second kappa shape index (κ2) is 4.53. The van der Waals surface area contributed by atoms with Crippen molar-refractivity contribution in [3.63, 3.8) is 0 Å². The van der Waals surface area contributed by atoms with Crippen molar-refractivity contribution in [2.75, 3.05) is 0 Å². The first kappa shape index (κ1) is 11.6. The van der Waals surface area contributed by atoms with Gasteiger partial charge in [-0.25, -0.2) is 4.39 Å². The summed E-state index contributed by atoms with van der Waals surface area (Å²) in [5, 5.41) is 0. The molecule has 1 atom stereocenters. The summed E-state index contributed by atoms with van der Waals surface area (Å²) < 4.78 is 14.3. The predicted molar refractivity (Wildman–Crippen MR) is 66.5 cm³/mol. The molecule has 0 aliphatic rings. The molecule has 1 nitrogen and oxygen atoms in total. The Balaban J connectivity index is 2.37. The van der Waals surface area contributed by atoms with Gasteiger partial charge in [-0.05, 0) is 30.7 Å². The van der Waals surface area contributed by atoms with Gasteiger partial charge in [-0.1, -0.05) is 23.7 Å². The molecule has 0 bridgehead atoms. The van der Waals surface area contributed by atoms with Gasteiger partial charge in [-0.3, -0.25) is 0 Å². The van der Waals surface area contributed by atoms with Gasteiger partial charge in [0.25, 0.3) is 0 Å². The van der Waals surface area contributed by atoms with Gasteiger partial charge in [-0.2, -0.15) is 0 Å². The van der Waals surface area contributed by atoms with Gasteiger partial charge in [0.2, 0.25) is 0 Å². The average molecular weight is 256 g/mol. The fourth-order valence-electron chi connectivity index (χ4n) is 1.53. The second-order valence-electron chi connectivity index (χ2n) is 3.64. The number of halogens is 2. The van der Waals surface area contributed by atoms with Crippen LogP contribution in [0.5, 0.6) is 0 Å². The maximum absolute atomic E-state index is 13.7. The lowest BCUT2D eigenvalue weighted by molar-refractivity contribution is 0.600. The Morgan fingerprint density at radius 3 is 2.62 bits per heavy atom. The van der Waals surface area contributed by atoms with E-state index in [0.29, 0.717) is 9.90 Å². The van der Waals surface area contributed by atoms with E-state index < -0.39 is 6.04 Å². The van der Waals surface area contributed by atoms with Crippen molar-refractivity contribution in [2.24, 2.45) is 5.73 Å². The van der Waals surface area contributed by atoms with Crippen LogP contribution in [0.4, 0.5) is 4.39 Å². The van der Waals surface area contributed by atoms with Crippen LogP contribution in [0.3, 0.4) is 0 Å². The van der Waals surface area contributed by atoms with Crippen LogP contribution in [-0.4, -0.2) is 0 Å². The van der Waals surface area contributed by atoms with Gasteiger partial charge in [0, 0.05) is 10.4 Å². The maximum Gasteiger partial charge on any atom is 0.128 e. The zero-order chi connectivity index (χ0) is 11.7. The number of hydrogen-bond acceptors (Lipinski definition) is 2. The van der Waals surface area contributed by atoms with E-state index in [9.17, 15) is 4.39 Å². The van der Waals surface area contributed by atoms with Gasteiger partial charge < -0.3 is 5.73 Å². The molecule has 1 aromatic heterocycles. The normalized spacial score (nSPS) is 12.8. The third kappa shape index (κ3) is 2.26. The largest absolute Gasteiger partial charge is 0.320 e. The van der Waals surface area contributed by atoms with Gasteiger partial charge >= 0.3 is 0 Å². The molecule has 16 heavy (non-hydrogen) atoms. The first-order valence-corrected chi connectivity index (χ1v) is 6.04. The van der Waals surface area contributed by atoms with E-state index in [1.165, 1.54) is 17.4 Å². The Morgan fingerprint density at radius 1 is 1.31 bits per heavy atom. The van der Waals surface area contributed by atoms with Gasteiger partial charge in [0.15, 0.2) is 0 Å². The minimum Gasteiger partial charge on any atom is -0.320 e. The molecule has 0 spiro atoms. The topological polar surface area (TPSA) is 26.0 Å². The Bertz CT molecular complexity index is 509. The minimum absolute atomic E-state index is 0.267. The molecule has 0 aliphatic heterocycles. The molecule has 2 N–H and O–H groups in total. The Morgan fingerprint density at radius 2 is 2.06 bits per heavy atom. The highest BCUT2D eigenvalue weighted by molar-refractivity contribution is 7.16. The molecular formula is C12H11ClFNS. The lowest BCUT2D eigenvalue weighted by Crippen LogP contribution is -2.12. The average Bonchev–Trinajstić information content (AvgIpc) is 2.64. The Kier molecular flexibility index (Phi) is 3.28. The predicted octanol–water partition coefficient (Wildman–Crippen LogP) is 3.90. The van der Waals surface area contributed by atoms with E-state index in [1.54, 1.807) is 12.1 Å². The fourth-order valence-corrected chi connectivity index (χ4v) is 2.61. The van der Waals surface area contributed by atoms with Crippen LogP contribution in [0.15, 0.2) is 30.3 Å². The SMILES string of the molecule is Cc1ccc(C(N)c2ccc(Cl)s2)c(F)c1. The van der Waals surface area contributed by atoms with E-state index in [1.807, 2.05) is 19.1 Å². The van der Waals surface area contributed by atoms with Crippen LogP contribution in [0.1, 0.15) is 22.0 Å². The maximum atomic E-state index is 13.7. The zero-order valence-corrected chi connectivity index (χ0v) is 10.3. The Hall–Kier alpha value is -0.900. The molecule has 2 aromatic rings. The molecule has 4 heteroatoms. The summed E-state index contributed by atoms with van der Waals surface area (Å²) in [6.45, 7) is 1.85. The molecule has 0 aliphatic carbocycles. The summed E-state index contributed by atoms with van der Waals surface area (Å²) in [6.07, 6.45) is 0. The van der Waals surface area contributed by atoms with Crippen molar-refractivity contribution in [2.45, 2.75) is 13.0 Å². The first-order valence-electron chi connectivity index (χ1n) is 4.85. The van der Waals surface area contributed by atoms with Gasteiger partial charge in [0.05, 0.1) is 10.4 Å². The number of benzene rings is 1. The van der Waals surface area contributed by atoms with Gasteiger partial charge in [-0.15, -0.1) is 11.3 Å². The third-order valence-electron chi connectivity index (χ3n) is 2.39.